The number of nitrogens with zero attached hydrogens (tertiary/aromatic N) is 5. The van der Waals surface area contributed by atoms with Crippen molar-refractivity contribution >= 4 is 35.6 Å². The first-order valence-electron chi connectivity index (χ1n) is 18.6. The van der Waals surface area contributed by atoms with Crippen LogP contribution in [0.4, 0.5) is 0 Å². The van der Waals surface area contributed by atoms with E-state index in [2.05, 4.69) is 29.8 Å². The molecule has 2 saturated heterocycles. The maximum atomic E-state index is 13.2. The number of nitrogens with two attached hydrogens (primary N) is 1. The minimum absolute atomic E-state index is 0.0546. The second kappa shape index (κ2) is 24.8. The van der Waals surface area contributed by atoms with Crippen molar-refractivity contribution in [2.24, 2.45) is 11.7 Å². The molecule has 0 aliphatic carbocycles. The van der Waals surface area contributed by atoms with Crippen LogP contribution >= 0.6 is 0 Å². The summed E-state index contributed by atoms with van der Waals surface area (Å²) in [6.45, 7) is 8.82. The summed E-state index contributed by atoms with van der Waals surface area (Å²) >= 11 is 0. The van der Waals surface area contributed by atoms with Crippen molar-refractivity contribution in [3.05, 3.63) is 0 Å². The Kier molecular flexibility index (Phi) is 21.3. The molecule has 2 aliphatic rings. The molecule has 1 atom stereocenters. The number of hydrogen-bond acceptors (Lipinski definition) is 12. The molecule has 0 aromatic rings. The quantitative estimate of drug-likeness (QED) is 0.0657. The first-order valence-corrected chi connectivity index (χ1v) is 18.6. The van der Waals surface area contributed by atoms with E-state index < -0.39 is 23.9 Å². The van der Waals surface area contributed by atoms with Crippen LogP contribution in [-0.2, 0) is 28.8 Å². The molecule has 52 heavy (non-hydrogen) atoms. The lowest BCUT2D eigenvalue weighted by molar-refractivity contribution is -0.140. The van der Waals surface area contributed by atoms with Gasteiger partial charge in [0.2, 0.25) is 17.7 Å². The summed E-state index contributed by atoms with van der Waals surface area (Å²) in [6.07, 6.45) is 4.38. The van der Waals surface area contributed by atoms with E-state index in [1.54, 1.807) is 14.7 Å². The third-order valence-corrected chi connectivity index (χ3v) is 9.30. The van der Waals surface area contributed by atoms with Gasteiger partial charge < -0.3 is 37.0 Å². The summed E-state index contributed by atoms with van der Waals surface area (Å²) in [6, 6.07) is -0.668. The van der Waals surface area contributed by atoms with Gasteiger partial charge in [0.1, 0.15) is 0 Å². The van der Waals surface area contributed by atoms with Gasteiger partial charge in [0.25, 0.3) is 0 Å². The van der Waals surface area contributed by atoms with Crippen LogP contribution in [0.5, 0.6) is 0 Å². The van der Waals surface area contributed by atoms with E-state index in [1.165, 1.54) is 0 Å². The van der Waals surface area contributed by atoms with Crippen LogP contribution in [0.3, 0.4) is 0 Å². The maximum Gasteiger partial charge on any atom is 0.317 e. The van der Waals surface area contributed by atoms with Crippen molar-refractivity contribution in [2.45, 2.75) is 64.5 Å². The minimum Gasteiger partial charge on any atom is -0.480 e. The van der Waals surface area contributed by atoms with Crippen molar-refractivity contribution < 1.29 is 44.1 Å². The van der Waals surface area contributed by atoms with E-state index in [0.29, 0.717) is 110 Å². The van der Waals surface area contributed by atoms with Crippen LogP contribution in [0.25, 0.3) is 0 Å². The molecule has 8 N–H and O–H groups in total. The SMILES string of the molecule is CC(C)CCCNC(=O)[C@H](N)CCCNC(=O)CN1CCC(NC(=O)CN2CCN(CC(=O)O)CCN(CC(=O)O)CCN(CC(=O)O)CC2)CC1. The van der Waals surface area contributed by atoms with Gasteiger partial charge in [0.15, 0.2) is 0 Å². The first kappa shape index (κ1) is 44.7. The fourth-order valence-electron chi connectivity index (χ4n) is 6.29. The molecule has 0 aromatic heterocycles. The van der Waals surface area contributed by atoms with Crippen molar-refractivity contribution in [2.75, 3.05) is 111 Å². The average molecular weight is 742 g/mol. The van der Waals surface area contributed by atoms with Gasteiger partial charge >= 0.3 is 17.9 Å². The second-order valence-electron chi connectivity index (χ2n) is 14.3. The summed E-state index contributed by atoms with van der Waals surface area (Å²) in [5.74, 6) is -2.90. The standard InChI is InChI=1S/C34H63N9O9/c1-26(2)5-3-10-37-34(52)28(35)6-4-9-36-29(44)21-39-11-7-27(8-12-39)38-30(45)22-40-13-15-41(23-31(46)47)17-19-43(25-33(50)51)20-18-42(16-14-40)24-32(48)49/h26-28H,3-25,35H2,1-2H3,(H,36,44)(H,37,52)(H,38,45)(H,46,47)(H,48,49)(H,50,51)/t28-/m1/s1. The maximum absolute atomic E-state index is 13.2. The van der Waals surface area contributed by atoms with Crippen molar-refractivity contribution in [1.82, 2.24) is 40.4 Å². The summed E-state index contributed by atoms with van der Waals surface area (Å²) < 4.78 is 0. The van der Waals surface area contributed by atoms with Gasteiger partial charge in [-0.1, -0.05) is 13.8 Å². The third-order valence-electron chi connectivity index (χ3n) is 9.30. The number of carboxylic acid groups (broad SMARTS) is 3. The smallest absolute Gasteiger partial charge is 0.317 e. The highest BCUT2D eigenvalue weighted by Gasteiger charge is 2.25. The van der Waals surface area contributed by atoms with Crippen LogP contribution in [0.1, 0.15) is 52.4 Å². The Labute approximate surface area is 307 Å². The monoisotopic (exact) mass is 741 g/mol. The van der Waals surface area contributed by atoms with Gasteiger partial charge in [-0.3, -0.25) is 53.3 Å². The molecule has 298 valence electrons. The average Bonchev–Trinajstić information content (AvgIpc) is 3.06. The third kappa shape index (κ3) is 20.6. The molecule has 2 rings (SSSR count). The summed E-state index contributed by atoms with van der Waals surface area (Å²) in [7, 11) is 0. The molecule has 18 heteroatoms. The van der Waals surface area contributed by atoms with Crippen LogP contribution in [0.2, 0.25) is 0 Å². The van der Waals surface area contributed by atoms with Crippen molar-refractivity contribution in [3.63, 3.8) is 0 Å². The highest BCUT2D eigenvalue weighted by molar-refractivity contribution is 5.81. The molecule has 0 saturated carbocycles. The second-order valence-corrected chi connectivity index (χ2v) is 14.3. The predicted octanol–water partition coefficient (Wildman–Crippen LogP) is -2.18. The van der Waals surface area contributed by atoms with Crippen LogP contribution in [0.15, 0.2) is 0 Å². The number of likely N-dealkylation sites (tertiary alicyclic amines) is 1. The van der Waals surface area contributed by atoms with E-state index in [4.69, 9.17) is 5.73 Å². The summed E-state index contributed by atoms with van der Waals surface area (Å²) in [5, 5.41) is 37.1. The van der Waals surface area contributed by atoms with Crippen molar-refractivity contribution in [3.8, 4) is 0 Å². The normalized spacial score (nSPS) is 18.9. The molecule has 2 aliphatic heterocycles. The lowest BCUT2D eigenvalue weighted by Crippen LogP contribution is -2.51. The molecule has 2 heterocycles. The first-order chi connectivity index (χ1) is 24.7. The molecule has 3 amide bonds. The molecule has 0 aromatic carbocycles. The Morgan fingerprint density at radius 1 is 0.577 bits per heavy atom. The zero-order valence-electron chi connectivity index (χ0n) is 31.1. The number of carbonyl (C=O) groups excluding carboxylic acids is 3. The Morgan fingerprint density at radius 3 is 1.40 bits per heavy atom. The molecule has 2 fully saturated rings. The van der Waals surface area contributed by atoms with Gasteiger partial charge in [0, 0.05) is 84.6 Å². The summed E-state index contributed by atoms with van der Waals surface area (Å²) in [5.41, 5.74) is 6.00. The number of aliphatic carboxylic acids is 3. The van der Waals surface area contributed by atoms with Gasteiger partial charge in [-0.15, -0.1) is 0 Å². The largest absolute Gasteiger partial charge is 0.480 e. The zero-order valence-corrected chi connectivity index (χ0v) is 31.1. The number of amides is 3. The molecule has 0 unspecified atom stereocenters. The highest BCUT2D eigenvalue weighted by Crippen LogP contribution is 2.10. The predicted molar refractivity (Wildman–Crippen MR) is 194 cm³/mol. The number of rotatable bonds is 20. The van der Waals surface area contributed by atoms with Gasteiger partial charge in [0.05, 0.1) is 38.8 Å². The molecule has 0 radical (unpaired) electrons. The number of hydrogen-bond donors (Lipinski definition) is 7. The topological polar surface area (TPSA) is 241 Å². The zero-order chi connectivity index (χ0) is 38.5. The number of carboxylic acids is 3. The van der Waals surface area contributed by atoms with Crippen molar-refractivity contribution in [1.29, 1.82) is 0 Å². The Balaban J connectivity index is 1.78. The van der Waals surface area contributed by atoms with Crippen LogP contribution in [0, 0.1) is 5.92 Å². The number of piperidine rings is 1. The van der Waals surface area contributed by atoms with E-state index >= 15 is 0 Å². The van der Waals surface area contributed by atoms with E-state index in [9.17, 15) is 44.1 Å². The summed E-state index contributed by atoms with van der Waals surface area (Å²) in [4.78, 5) is 81.3. The van der Waals surface area contributed by atoms with Gasteiger partial charge in [-0.25, -0.2) is 0 Å². The lowest BCUT2D eigenvalue weighted by Gasteiger charge is -2.34. The van der Waals surface area contributed by atoms with Crippen LogP contribution in [-0.4, -0.2) is 199 Å². The molecule has 0 bridgehead atoms. The van der Waals surface area contributed by atoms with E-state index in [-0.39, 0.29) is 56.5 Å². The van der Waals surface area contributed by atoms with E-state index in [1.807, 2.05) is 9.80 Å². The lowest BCUT2D eigenvalue weighted by atomic mass is 10.0. The molecular formula is C34H63N9O9. The molecule has 0 spiro atoms. The Bertz CT molecular complexity index is 1110. The minimum atomic E-state index is -1.02. The van der Waals surface area contributed by atoms with Gasteiger partial charge in [-0.2, -0.15) is 0 Å². The Hall–Kier alpha value is -3.42. The highest BCUT2D eigenvalue weighted by atomic mass is 16.4. The van der Waals surface area contributed by atoms with E-state index in [0.717, 1.165) is 12.8 Å². The number of carbonyl (C=O) groups is 6. The molecular weight excluding hydrogens is 678 g/mol. The fraction of sp³-hybridized carbons (Fsp3) is 0.824. The Morgan fingerprint density at radius 2 is 0.962 bits per heavy atom. The van der Waals surface area contributed by atoms with Crippen LogP contribution < -0.4 is 21.7 Å². The number of nitrogens with one attached hydrogen (secondary N) is 3. The van der Waals surface area contributed by atoms with Gasteiger partial charge in [-0.05, 0) is 44.4 Å². The molecule has 18 nitrogen and oxygen atoms in total. The fourth-order valence-corrected chi connectivity index (χ4v) is 6.29.